The van der Waals surface area contributed by atoms with Crippen molar-refractivity contribution >= 4 is 21.7 Å². The highest BCUT2D eigenvalue weighted by atomic mass is 79.9. The first-order chi connectivity index (χ1) is 10.0. The highest BCUT2D eigenvalue weighted by Crippen LogP contribution is 2.15. The standard InChI is InChI=1S/C17H22BrN3/c1-13(2)19-10-15-6-9-17(20-11-15)21(3)12-14-4-7-16(18)8-5-14/h4-9,11,13,19H,10,12H2,1-3H3. The van der Waals surface area contributed by atoms with Crippen molar-refractivity contribution in [1.29, 1.82) is 0 Å². The smallest absolute Gasteiger partial charge is 0.128 e. The molecule has 0 atom stereocenters. The summed E-state index contributed by atoms with van der Waals surface area (Å²) in [5.74, 6) is 0.992. The van der Waals surface area contributed by atoms with E-state index in [1.807, 2.05) is 6.20 Å². The number of benzene rings is 1. The van der Waals surface area contributed by atoms with E-state index in [9.17, 15) is 0 Å². The van der Waals surface area contributed by atoms with Crippen LogP contribution in [0.4, 0.5) is 5.82 Å². The Bertz CT molecular complexity index is 549. The van der Waals surface area contributed by atoms with Gasteiger partial charge in [-0.25, -0.2) is 4.98 Å². The molecule has 0 unspecified atom stereocenters. The Hall–Kier alpha value is -1.39. The van der Waals surface area contributed by atoms with Crippen LogP contribution in [0, 0.1) is 0 Å². The Morgan fingerprint density at radius 2 is 1.76 bits per heavy atom. The molecule has 1 aromatic carbocycles. The van der Waals surface area contributed by atoms with Gasteiger partial charge in [0.1, 0.15) is 5.82 Å². The zero-order valence-corrected chi connectivity index (χ0v) is 14.4. The van der Waals surface area contributed by atoms with Crippen LogP contribution < -0.4 is 10.2 Å². The van der Waals surface area contributed by atoms with E-state index in [1.54, 1.807) is 0 Å². The Balaban J connectivity index is 1.96. The van der Waals surface area contributed by atoms with Crippen molar-refractivity contribution in [2.45, 2.75) is 33.0 Å². The molecule has 1 heterocycles. The van der Waals surface area contributed by atoms with Crippen molar-refractivity contribution in [3.63, 3.8) is 0 Å². The second-order valence-electron chi connectivity index (χ2n) is 5.54. The summed E-state index contributed by atoms with van der Waals surface area (Å²) in [5, 5.41) is 3.40. The van der Waals surface area contributed by atoms with Crippen molar-refractivity contribution in [2.75, 3.05) is 11.9 Å². The molecule has 2 aromatic rings. The third kappa shape index (κ3) is 5.14. The van der Waals surface area contributed by atoms with Crippen LogP contribution in [0.3, 0.4) is 0 Å². The van der Waals surface area contributed by atoms with E-state index in [1.165, 1.54) is 11.1 Å². The number of hydrogen-bond donors (Lipinski definition) is 1. The maximum absolute atomic E-state index is 4.55. The Morgan fingerprint density at radius 1 is 1.10 bits per heavy atom. The largest absolute Gasteiger partial charge is 0.355 e. The van der Waals surface area contributed by atoms with Crippen LogP contribution in [-0.2, 0) is 13.1 Å². The molecule has 0 fully saturated rings. The molecular formula is C17H22BrN3. The Kier molecular flexibility index (Phi) is 5.76. The third-order valence-corrected chi connectivity index (χ3v) is 3.78. The minimum atomic E-state index is 0.491. The quantitative estimate of drug-likeness (QED) is 0.856. The SMILES string of the molecule is CC(C)NCc1ccc(N(C)Cc2ccc(Br)cc2)nc1. The number of halogens is 1. The van der Waals surface area contributed by atoms with Gasteiger partial charge in [-0.3, -0.25) is 0 Å². The number of aromatic nitrogens is 1. The summed E-state index contributed by atoms with van der Waals surface area (Å²) in [6, 6.07) is 13.1. The van der Waals surface area contributed by atoms with E-state index >= 15 is 0 Å². The van der Waals surface area contributed by atoms with Gasteiger partial charge in [0.05, 0.1) is 0 Å². The lowest BCUT2D eigenvalue weighted by molar-refractivity contribution is 0.588. The van der Waals surface area contributed by atoms with Crippen LogP contribution in [0.5, 0.6) is 0 Å². The second kappa shape index (κ2) is 7.57. The van der Waals surface area contributed by atoms with Gasteiger partial charge >= 0.3 is 0 Å². The fourth-order valence-electron chi connectivity index (χ4n) is 2.01. The second-order valence-corrected chi connectivity index (χ2v) is 6.46. The van der Waals surface area contributed by atoms with Crippen LogP contribution in [0.25, 0.3) is 0 Å². The topological polar surface area (TPSA) is 28.2 Å². The molecule has 112 valence electrons. The fourth-order valence-corrected chi connectivity index (χ4v) is 2.28. The van der Waals surface area contributed by atoms with E-state index in [0.717, 1.165) is 23.4 Å². The van der Waals surface area contributed by atoms with Crippen molar-refractivity contribution in [3.8, 4) is 0 Å². The van der Waals surface area contributed by atoms with Gasteiger partial charge in [0.25, 0.3) is 0 Å². The molecule has 2 rings (SSSR count). The summed E-state index contributed by atoms with van der Waals surface area (Å²) in [6.07, 6.45) is 1.95. The monoisotopic (exact) mass is 347 g/mol. The van der Waals surface area contributed by atoms with Gasteiger partial charge in [-0.05, 0) is 29.3 Å². The van der Waals surface area contributed by atoms with Gasteiger partial charge in [0.15, 0.2) is 0 Å². The molecule has 0 bridgehead atoms. The van der Waals surface area contributed by atoms with E-state index in [2.05, 4.69) is 88.4 Å². The minimum absolute atomic E-state index is 0.491. The summed E-state index contributed by atoms with van der Waals surface area (Å²) < 4.78 is 1.11. The number of nitrogens with one attached hydrogen (secondary N) is 1. The number of anilines is 1. The predicted molar refractivity (Wildman–Crippen MR) is 92.5 cm³/mol. The number of rotatable bonds is 6. The van der Waals surface area contributed by atoms with E-state index in [0.29, 0.717) is 6.04 Å². The normalized spacial score (nSPS) is 10.9. The van der Waals surface area contributed by atoms with E-state index in [-0.39, 0.29) is 0 Å². The molecule has 0 aliphatic rings. The average Bonchev–Trinajstić information content (AvgIpc) is 2.48. The zero-order valence-electron chi connectivity index (χ0n) is 12.8. The van der Waals surface area contributed by atoms with Crippen molar-refractivity contribution in [3.05, 3.63) is 58.2 Å². The van der Waals surface area contributed by atoms with Crippen molar-refractivity contribution in [1.82, 2.24) is 10.3 Å². The third-order valence-electron chi connectivity index (χ3n) is 3.25. The maximum atomic E-state index is 4.55. The van der Waals surface area contributed by atoms with Gasteiger partial charge in [-0.2, -0.15) is 0 Å². The van der Waals surface area contributed by atoms with Gasteiger partial charge in [0, 0.05) is 36.8 Å². The fraction of sp³-hybridized carbons (Fsp3) is 0.353. The Morgan fingerprint density at radius 3 is 2.33 bits per heavy atom. The van der Waals surface area contributed by atoms with Gasteiger partial charge in [0.2, 0.25) is 0 Å². The molecule has 0 saturated carbocycles. The molecule has 21 heavy (non-hydrogen) atoms. The summed E-state index contributed by atoms with van der Waals surface area (Å²) in [4.78, 5) is 6.70. The van der Waals surface area contributed by atoms with Crippen LogP contribution in [0.1, 0.15) is 25.0 Å². The summed E-state index contributed by atoms with van der Waals surface area (Å²) >= 11 is 3.46. The molecule has 4 heteroatoms. The number of nitrogens with zero attached hydrogens (tertiary/aromatic N) is 2. The molecule has 0 aliphatic carbocycles. The first kappa shape index (κ1) is 16.0. The lowest BCUT2D eigenvalue weighted by atomic mass is 10.2. The summed E-state index contributed by atoms with van der Waals surface area (Å²) in [7, 11) is 2.07. The molecule has 1 aromatic heterocycles. The van der Waals surface area contributed by atoms with Crippen LogP contribution in [0.2, 0.25) is 0 Å². The van der Waals surface area contributed by atoms with Gasteiger partial charge < -0.3 is 10.2 Å². The highest BCUT2D eigenvalue weighted by molar-refractivity contribution is 9.10. The lowest BCUT2D eigenvalue weighted by Gasteiger charge is -2.18. The molecule has 0 radical (unpaired) electrons. The molecule has 0 spiro atoms. The van der Waals surface area contributed by atoms with Crippen LogP contribution in [-0.4, -0.2) is 18.1 Å². The summed E-state index contributed by atoms with van der Waals surface area (Å²) in [5.41, 5.74) is 2.48. The number of hydrogen-bond acceptors (Lipinski definition) is 3. The highest BCUT2D eigenvalue weighted by Gasteiger charge is 2.04. The van der Waals surface area contributed by atoms with Gasteiger partial charge in [-0.15, -0.1) is 0 Å². The van der Waals surface area contributed by atoms with Gasteiger partial charge in [-0.1, -0.05) is 48.0 Å². The van der Waals surface area contributed by atoms with Crippen LogP contribution in [0.15, 0.2) is 47.1 Å². The first-order valence-electron chi connectivity index (χ1n) is 7.18. The molecule has 1 N–H and O–H groups in total. The Labute approximate surface area is 135 Å². The predicted octanol–water partition coefficient (Wildman–Crippen LogP) is 3.98. The van der Waals surface area contributed by atoms with E-state index in [4.69, 9.17) is 0 Å². The summed E-state index contributed by atoms with van der Waals surface area (Å²) in [6.45, 7) is 6.01. The zero-order chi connectivity index (χ0) is 15.2. The molecule has 0 amide bonds. The molecular weight excluding hydrogens is 326 g/mol. The van der Waals surface area contributed by atoms with Crippen LogP contribution >= 0.6 is 15.9 Å². The molecule has 0 saturated heterocycles. The van der Waals surface area contributed by atoms with E-state index < -0.39 is 0 Å². The molecule has 0 aliphatic heterocycles. The minimum Gasteiger partial charge on any atom is -0.355 e. The van der Waals surface area contributed by atoms with Crippen molar-refractivity contribution in [2.24, 2.45) is 0 Å². The number of pyridine rings is 1. The first-order valence-corrected chi connectivity index (χ1v) is 7.98. The lowest BCUT2D eigenvalue weighted by Crippen LogP contribution is -2.22. The maximum Gasteiger partial charge on any atom is 0.128 e. The average molecular weight is 348 g/mol. The van der Waals surface area contributed by atoms with Crippen molar-refractivity contribution < 1.29 is 0 Å². The molecule has 3 nitrogen and oxygen atoms in total.